The van der Waals surface area contributed by atoms with Crippen molar-refractivity contribution in [2.45, 2.75) is 40.0 Å². The average molecular weight is 234 g/mol. The number of fused-ring (bicyclic) bond motifs is 1. The summed E-state index contributed by atoms with van der Waals surface area (Å²) in [6.07, 6.45) is 1.08. The summed E-state index contributed by atoms with van der Waals surface area (Å²) in [5.41, 5.74) is 11.1. The molecule has 2 aromatic rings. The van der Waals surface area contributed by atoms with E-state index in [0.29, 0.717) is 11.0 Å². The second-order valence-electron chi connectivity index (χ2n) is 4.49. The molecule has 0 saturated heterocycles. The van der Waals surface area contributed by atoms with Crippen LogP contribution in [0, 0.1) is 6.92 Å². The van der Waals surface area contributed by atoms with Crippen molar-refractivity contribution in [2.24, 2.45) is 0 Å². The van der Waals surface area contributed by atoms with E-state index in [2.05, 4.69) is 38.7 Å². The molecule has 0 unspecified atom stereocenters. The molecule has 0 amide bonds. The molecule has 3 heteroatoms. The highest BCUT2D eigenvalue weighted by Gasteiger charge is 2.15. The molecule has 0 aliphatic rings. The highest BCUT2D eigenvalue weighted by molar-refractivity contribution is 7.22. The Morgan fingerprint density at radius 2 is 2.12 bits per heavy atom. The van der Waals surface area contributed by atoms with Gasteiger partial charge in [0.05, 0.1) is 10.2 Å². The minimum absolute atomic E-state index is 0.525. The summed E-state index contributed by atoms with van der Waals surface area (Å²) in [6.45, 7) is 8.86. The van der Waals surface area contributed by atoms with Crippen molar-refractivity contribution in [3.8, 4) is 0 Å². The fourth-order valence-electron chi connectivity index (χ4n) is 2.36. The van der Waals surface area contributed by atoms with E-state index < -0.39 is 0 Å². The Balaban J connectivity index is 2.86. The van der Waals surface area contributed by atoms with Crippen molar-refractivity contribution >= 4 is 26.7 Å². The zero-order chi connectivity index (χ0) is 11.9. The molecule has 2 N–H and O–H groups in total. The molecule has 0 saturated carbocycles. The quantitative estimate of drug-likeness (QED) is 0.856. The SMILES string of the molecule is CCc1c(C)cc2nc(N)sc2c1C(C)C. The number of rotatable bonds is 2. The first kappa shape index (κ1) is 11.4. The largest absolute Gasteiger partial charge is 0.375 e. The molecule has 0 aliphatic carbocycles. The molecular formula is C13H18N2S. The van der Waals surface area contributed by atoms with Crippen LogP contribution in [-0.2, 0) is 6.42 Å². The summed E-state index contributed by atoms with van der Waals surface area (Å²) in [4.78, 5) is 4.39. The van der Waals surface area contributed by atoms with Gasteiger partial charge in [0.25, 0.3) is 0 Å². The van der Waals surface area contributed by atoms with Crippen molar-refractivity contribution in [1.29, 1.82) is 0 Å². The molecule has 86 valence electrons. The van der Waals surface area contributed by atoms with Crippen LogP contribution in [0.1, 0.15) is 43.4 Å². The number of hydrogen-bond acceptors (Lipinski definition) is 3. The van der Waals surface area contributed by atoms with Crippen molar-refractivity contribution in [3.05, 3.63) is 22.8 Å². The third-order valence-corrected chi connectivity index (χ3v) is 3.93. The van der Waals surface area contributed by atoms with Gasteiger partial charge in [0.1, 0.15) is 0 Å². The summed E-state index contributed by atoms with van der Waals surface area (Å²) >= 11 is 1.61. The second kappa shape index (κ2) is 4.06. The monoisotopic (exact) mass is 234 g/mol. The molecule has 1 heterocycles. The van der Waals surface area contributed by atoms with Crippen molar-refractivity contribution in [1.82, 2.24) is 4.98 Å². The standard InChI is InChI=1S/C13H18N2S/c1-5-9-8(4)6-10-12(11(9)7(2)3)16-13(14)15-10/h6-7H,5H2,1-4H3,(H2,14,15). The topological polar surface area (TPSA) is 38.9 Å². The molecule has 0 radical (unpaired) electrons. The van der Waals surface area contributed by atoms with Crippen LogP contribution in [0.5, 0.6) is 0 Å². The van der Waals surface area contributed by atoms with Crippen LogP contribution in [0.4, 0.5) is 5.13 Å². The van der Waals surface area contributed by atoms with Gasteiger partial charge < -0.3 is 5.73 Å². The van der Waals surface area contributed by atoms with E-state index in [1.165, 1.54) is 21.4 Å². The molecule has 0 fully saturated rings. The summed E-state index contributed by atoms with van der Waals surface area (Å²) in [5.74, 6) is 0.525. The third-order valence-electron chi connectivity index (χ3n) is 3.00. The molecule has 16 heavy (non-hydrogen) atoms. The number of benzene rings is 1. The van der Waals surface area contributed by atoms with Gasteiger partial charge in [-0.3, -0.25) is 0 Å². The second-order valence-corrected chi connectivity index (χ2v) is 5.52. The van der Waals surface area contributed by atoms with Crippen LogP contribution in [-0.4, -0.2) is 4.98 Å². The van der Waals surface area contributed by atoms with Crippen molar-refractivity contribution < 1.29 is 0 Å². The highest BCUT2D eigenvalue weighted by atomic mass is 32.1. The Morgan fingerprint density at radius 3 is 2.69 bits per heavy atom. The Morgan fingerprint density at radius 1 is 1.44 bits per heavy atom. The van der Waals surface area contributed by atoms with Gasteiger partial charge in [0.2, 0.25) is 0 Å². The average Bonchev–Trinajstić information content (AvgIpc) is 2.55. The molecule has 0 spiro atoms. The van der Waals surface area contributed by atoms with E-state index in [9.17, 15) is 0 Å². The van der Waals surface area contributed by atoms with Gasteiger partial charge in [-0.2, -0.15) is 0 Å². The van der Waals surface area contributed by atoms with Gasteiger partial charge in [-0.15, -0.1) is 0 Å². The van der Waals surface area contributed by atoms with Gasteiger partial charge >= 0.3 is 0 Å². The van der Waals surface area contributed by atoms with Gasteiger partial charge in [0, 0.05) is 0 Å². The van der Waals surface area contributed by atoms with Crippen LogP contribution in [0.3, 0.4) is 0 Å². The molecule has 0 atom stereocenters. The first-order chi connectivity index (χ1) is 7.54. The number of nitrogens with zero attached hydrogens (tertiary/aromatic N) is 1. The Hall–Kier alpha value is -1.09. The van der Waals surface area contributed by atoms with Crippen molar-refractivity contribution in [2.75, 3.05) is 5.73 Å². The van der Waals surface area contributed by atoms with Gasteiger partial charge in [-0.05, 0) is 42.0 Å². The first-order valence-corrected chi connectivity index (χ1v) is 6.54. The van der Waals surface area contributed by atoms with Crippen molar-refractivity contribution in [3.63, 3.8) is 0 Å². The Kier molecular flexibility index (Phi) is 2.89. The number of nitrogen functional groups attached to an aromatic ring is 1. The Labute approximate surface area is 101 Å². The van der Waals surface area contributed by atoms with Crippen LogP contribution < -0.4 is 5.73 Å². The summed E-state index contributed by atoms with van der Waals surface area (Å²) < 4.78 is 1.27. The summed E-state index contributed by atoms with van der Waals surface area (Å²) in [6, 6.07) is 2.16. The molecule has 1 aromatic heterocycles. The van der Waals surface area contributed by atoms with E-state index in [0.717, 1.165) is 11.9 Å². The molecule has 1 aromatic carbocycles. The fourth-order valence-corrected chi connectivity index (χ4v) is 3.39. The molecule has 2 nitrogen and oxygen atoms in total. The number of anilines is 1. The number of thiazole rings is 1. The van der Waals surface area contributed by atoms with Gasteiger partial charge in [-0.1, -0.05) is 32.1 Å². The normalized spacial score (nSPS) is 11.6. The zero-order valence-electron chi connectivity index (χ0n) is 10.3. The third kappa shape index (κ3) is 1.69. The minimum Gasteiger partial charge on any atom is -0.375 e. The molecule has 2 rings (SSSR count). The van der Waals surface area contributed by atoms with Crippen LogP contribution in [0.25, 0.3) is 10.2 Å². The summed E-state index contributed by atoms with van der Waals surface area (Å²) in [7, 11) is 0. The lowest BCUT2D eigenvalue weighted by Crippen LogP contribution is -1.98. The smallest absolute Gasteiger partial charge is 0.181 e. The van der Waals surface area contributed by atoms with E-state index in [-0.39, 0.29) is 0 Å². The maximum absolute atomic E-state index is 5.81. The first-order valence-electron chi connectivity index (χ1n) is 5.73. The predicted molar refractivity (Wildman–Crippen MR) is 72.2 cm³/mol. The number of nitrogens with two attached hydrogens (primary N) is 1. The maximum atomic E-state index is 5.81. The van der Waals surface area contributed by atoms with Crippen LogP contribution in [0.2, 0.25) is 0 Å². The lowest BCUT2D eigenvalue weighted by molar-refractivity contribution is 0.852. The Bertz CT molecular complexity index is 526. The van der Waals surface area contributed by atoms with Crippen LogP contribution in [0.15, 0.2) is 6.07 Å². The molecule has 0 aliphatic heterocycles. The van der Waals surface area contributed by atoms with E-state index in [1.807, 2.05) is 0 Å². The number of aromatic nitrogens is 1. The maximum Gasteiger partial charge on any atom is 0.181 e. The van der Waals surface area contributed by atoms with E-state index in [4.69, 9.17) is 5.73 Å². The predicted octanol–water partition coefficient (Wildman–Crippen LogP) is 3.87. The molecular weight excluding hydrogens is 216 g/mol. The zero-order valence-corrected chi connectivity index (χ0v) is 11.1. The molecule has 0 bridgehead atoms. The lowest BCUT2D eigenvalue weighted by atomic mass is 9.92. The number of hydrogen-bond donors (Lipinski definition) is 1. The fraction of sp³-hybridized carbons (Fsp3) is 0.462. The number of aryl methyl sites for hydroxylation is 1. The van der Waals surface area contributed by atoms with Crippen LogP contribution >= 0.6 is 11.3 Å². The lowest BCUT2D eigenvalue weighted by Gasteiger charge is -2.15. The minimum atomic E-state index is 0.525. The highest BCUT2D eigenvalue weighted by Crippen LogP contribution is 2.36. The van der Waals surface area contributed by atoms with E-state index in [1.54, 1.807) is 11.3 Å². The van der Waals surface area contributed by atoms with Gasteiger partial charge in [-0.25, -0.2) is 4.98 Å². The van der Waals surface area contributed by atoms with E-state index >= 15 is 0 Å². The van der Waals surface area contributed by atoms with Gasteiger partial charge in [0.15, 0.2) is 5.13 Å². The summed E-state index contributed by atoms with van der Waals surface area (Å²) in [5, 5.41) is 0.671.